The molecule has 3 heterocycles. The second-order valence-corrected chi connectivity index (χ2v) is 6.51. The zero-order valence-corrected chi connectivity index (χ0v) is 15.1. The number of pyridine rings is 2. The van der Waals surface area contributed by atoms with Crippen molar-refractivity contribution in [2.45, 2.75) is 19.3 Å². The van der Waals surface area contributed by atoms with Gasteiger partial charge in [-0.25, -0.2) is 9.37 Å². The molecule has 0 bridgehead atoms. The lowest BCUT2D eigenvalue weighted by molar-refractivity contribution is 0.412. The molecule has 4 aromatic rings. The molecule has 1 aromatic carbocycles. The van der Waals surface area contributed by atoms with Crippen molar-refractivity contribution >= 4 is 11.0 Å². The van der Waals surface area contributed by atoms with E-state index in [9.17, 15) is 4.39 Å². The molecular formula is C22H20FN3O. The maximum atomic E-state index is 13.9. The lowest BCUT2D eigenvalue weighted by atomic mass is 10.0. The van der Waals surface area contributed by atoms with E-state index in [2.05, 4.69) is 27.1 Å². The minimum absolute atomic E-state index is 0.208. The van der Waals surface area contributed by atoms with Crippen LogP contribution in [0.5, 0.6) is 5.75 Å². The Morgan fingerprint density at radius 2 is 1.96 bits per heavy atom. The average molecular weight is 361 g/mol. The number of nitrogens with one attached hydrogen (secondary N) is 1. The van der Waals surface area contributed by atoms with Gasteiger partial charge in [-0.1, -0.05) is 6.07 Å². The summed E-state index contributed by atoms with van der Waals surface area (Å²) in [7, 11) is 1.58. The Morgan fingerprint density at radius 1 is 1.04 bits per heavy atom. The zero-order valence-electron chi connectivity index (χ0n) is 15.1. The molecule has 0 aliphatic heterocycles. The van der Waals surface area contributed by atoms with Crippen molar-refractivity contribution in [1.29, 1.82) is 0 Å². The normalized spacial score (nSPS) is 11.0. The van der Waals surface area contributed by atoms with E-state index < -0.39 is 0 Å². The Bertz CT molecular complexity index is 1060. The lowest BCUT2D eigenvalue weighted by Gasteiger charge is -2.07. The molecule has 0 aliphatic carbocycles. The highest BCUT2D eigenvalue weighted by molar-refractivity contribution is 5.79. The summed E-state index contributed by atoms with van der Waals surface area (Å²) in [4.78, 5) is 12.1. The van der Waals surface area contributed by atoms with Crippen LogP contribution in [0.25, 0.3) is 11.0 Å². The Morgan fingerprint density at radius 3 is 2.78 bits per heavy atom. The van der Waals surface area contributed by atoms with Crippen molar-refractivity contribution < 1.29 is 9.13 Å². The molecule has 136 valence electrons. The van der Waals surface area contributed by atoms with Crippen molar-refractivity contribution in [3.8, 4) is 5.75 Å². The van der Waals surface area contributed by atoms with E-state index in [1.54, 1.807) is 25.4 Å². The third-order valence-corrected chi connectivity index (χ3v) is 4.72. The lowest BCUT2D eigenvalue weighted by Crippen LogP contribution is -1.99. The molecule has 0 atom stereocenters. The molecule has 27 heavy (non-hydrogen) atoms. The molecule has 1 N–H and O–H groups in total. The molecular weight excluding hydrogens is 341 g/mol. The fraction of sp³-hybridized carbons (Fsp3) is 0.182. The number of methoxy groups -OCH3 is 1. The van der Waals surface area contributed by atoms with Crippen molar-refractivity contribution in [2.24, 2.45) is 0 Å². The SMILES string of the molecule is COc1ccc(F)c(CCc2ccc(Cc3c[nH]c4ncccc34)cn2)c1. The van der Waals surface area contributed by atoms with Gasteiger partial charge < -0.3 is 9.72 Å². The Balaban J connectivity index is 1.43. The summed E-state index contributed by atoms with van der Waals surface area (Å²) in [6.45, 7) is 0. The maximum Gasteiger partial charge on any atom is 0.137 e. The predicted octanol–water partition coefficient (Wildman–Crippen LogP) is 4.48. The van der Waals surface area contributed by atoms with Gasteiger partial charge in [-0.2, -0.15) is 0 Å². The van der Waals surface area contributed by atoms with Gasteiger partial charge in [-0.15, -0.1) is 0 Å². The molecule has 0 saturated carbocycles. The fourth-order valence-corrected chi connectivity index (χ4v) is 3.22. The number of H-pyrrole nitrogens is 1. The summed E-state index contributed by atoms with van der Waals surface area (Å²) in [5.74, 6) is 0.461. The van der Waals surface area contributed by atoms with Gasteiger partial charge in [0.25, 0.3) is 0 Å². The number of benzene rings is 1. The monoisotopic (exact) mass is 361 g/mol. The second kappa shape index (κ2) is 7.58. The summed E-state index contributed by atoms with van der Waals surface area (Å²) < 4.78 is 19.1. The zero-order chi connectivity index (χ0) is 18.6. The molecule has 0 unspecified atom stereocenters. The number of ether oxygens (including phenoxy) is 1. The van der Waals surface area contributed by atoms with Gasteiger partial charge in [0.1, 0.15) is 17.2 Å². The van der Waals surface area contributed by atoms with E-state index in [0.29, 0.717) is 24.2 Å². The van der Waals surface area contributed by atoms with Gasteiger partial charge >= 0.3 is 0 Å². The number of aromatic nitrogens is 3. The molecule has 0 saturated heterocycles. The number of aromatic amines is 1. The standard InChI is InChI=1S/C22H20FN3O/c1-27-19-8-9-21(23)16(12-19)5-7-18-6-4-15(13-25-18)11-17-14-26-22-20(17)3-2-10-24-22/h2-4,6,8-10,12-14H,5,7,11H2,1H3,(H,24,26). The van der Waals surface area contributed by atoms with E-state index >= 15 is 0 Å². The van der Waals surface area contributed by atoms with Crippen LogP contribution in [0.1, 0.15) is 22.4 Å². The van der Waals surface area contributed by atoms with Crippen LogP contribution < -0.4 is 4.74 Å². The van der Waals surface area contributed by atoms with E-state index in [1.165, 1.54) is 11.6 Å². The largest absolute Gasteiger partial charge is 0.497 e. The Labute approximate surface area is 157 Å². The van der Waals surface area contributed by atoms with Crippen molar-refractivity contribution in [1.82, 2.24) is 15.0 Å². The third kappa shape index (κ3) is 3.82. The van der Waals surface area contributed by atoms with Crippen LogP contribution >= 0.6 is 0 Å². The number of fused-ring (bicyclic) bond motifs is 1. The summed E-state index contributed by atoms with van der Waals surface area (Å²) in [6, 6.07) is 12.9. The summed E-state index contributed by atoms with van der Waals surface area (Å²) in [5.41, 5.74) is 4.83. The molecule has 4 nitrogen and oxygen atoms in total. The number of hydrogen-bond acceptors (Lipinski definition) is 3. The minimum atomic E-state index is -0.208. The molecule has 0 aliphatic rings. The average Bonchev–Trinajstić information content (AvgIpc) is 3.11. The van der Waals surface area contributed by atoms with Crippen LogP contribution in [0.2, 0.25) is 0 Å². The number of halogens is 1. The van der Waals surface area contributed by atoms with E-state index in [4.69, 9.17) is 4.74 Å². The van der Waals surface area contributed by atoms with Gasteiger partial charge in [0.2, 0.25) is 0 Å². The van der Waals surface area contributed by atoms with Crippen LogP contribution in [0.4, 0.5) is 4.39 Å². The Hall–Kier alpha value is -3.21. The molecule has 0 fully saturated rings. The van der Waals surface area contributed by atoms with Gasteiger partial charge in [0.15, 0.2) is 0 Å². The second-order valence-electron chi connectivity index (χ2n) is 6.51. The van der Waals surface area contributed by atoms with Crippen LogP contribution in [0, 0.1) is 5.82 Å². The van der Waals surface area contributed by atoms with Crippen molar-refractivity contribution in [3.63, 3.8) is 0 Å². The number of aryl methyl sites for hydroxylation is 2. The first-order valence-electron chi connectivity index (χ1n) is 8.90. The van der Waals surface area contributed by atoms with Crippen molar-refractivity contribution in [2.75, 3.05) is 7.11 Å². The highest BCUT2D eigenvalue weighted by Crippen LogP contribution is 2.20. The number of rotatable bonds is 6. The van der Waals surface area contributed by atoms with E-state index in [-0.39, 0.29) is 5.82 Å². The summed E-state index contributed by atoms with van der Waals surface area (Å²) in [6.07, 6.45) is 7.74. The van der Waals surface area contributed by atoms with Gasteiger partial charge in [-0.3, -0.25) is 4.98 Å². The first-order chi connectivity index (χ1) is 13.2. The first kappa shape index (κ1) is 17.2. The Kier molecular flexibility index (Phi) is 4.83. The van der Waals surface area contributed by atoms with Crippen LogP contribution in [-0.4, -0.2) is 22.1 Å². The van der Waals surface area contributed by atoms with Crippen LogP contribution in [0.3, 0.4) is 0 Å². The van der Waals surface area contributed by atoms with Crippen molar-refractivity contribution in [3.05, 3.63) is 89.3 Å². The smallest absolute Gasteiger partial charge is 0.137 e. The molecule has 0 radical (unpaired) electrons. The van der Waals surface area contributed by atoms with E-state index in [0.717, 1.165) is 28.7 Å². The molecule has 0 amide bonds. The first-order valence-corrected chi connectivity index (χ1v) is 8.90. The van der Waals surface area contributed by atoms with Gasteiger partial charge in [0, 0.05) is 36.1 Å². The molecule has 3 aromatic heterocycles. The molecule has 0 spiro atoms. The van der Waals surface area contributed by atoms with Gasteiger partial charge in [0.05, 0.1) is 7.11 Å². The quantitative estimate of drug-likeness (QED) is 0.551. The summed E-state index contributed by atoms with van der Waals surface area (Å²) >= 11 is 0. The third-order valence-electron chi connectivity index (χ3n) is 4.72. The van der Waals surface area contributed by atoms with E-state index in [1.807, 2.05) is 24.5 Å². The number of hydrogen-bond donors (Lipinski definition) is 1. The molecule has 5 heteroatoms. The predicted molar refractivity (Wildman–Crippen MR) is 103 cm³/mol. The van der Waals surface area contributed by atoms with Gasteiger partial charge in [-0.05, 0) is 65.9 Å². The van der Waals surface area contributed by atoms with Crippen LogP contribution in [0.15, 0.2) is 61.1 Å². The topological polar surface area (TPSA) is 50.8 Å². The van der Waals surface area contributed by atoms with Crippen LogP contribution in [-0.2, 0) is 19.3 Å². The minimum Gasteiger partial charge on any atom is -0.497 e. The number of nitrogens with zero attached hydrogens (tertiary/aromatic N) is 2. The fourth-order valence-electron chi connectivity index (χ4n) is 3.22. The highest BCUT2D eigenvalue weighted by Gasteiger charge is 2.07. The summed E-state index contributed by atoms with van der Waals surface area (Å²) in [5, 5.41) is 1.13. The highest BCUT2D eigenvalue weighted by atomic mass is 19.1. The molecule has 4 rings (SSSR count). The maximum absolute atomic E-state index is 13.9.